The molecule has 0 spiro atoms. The second-order valence-corrected chi connectivity index (χ2v) is 13.1. The van der Waals surface area contributed by atoms with Gasteiger partial charge < -0.3 is 4.43 Å². The molecule has 2 nitrogen and oxygen atoms in total. The van der Waals surface area contributed by atoms with Gasteiger partial charge in [-0.2, -0.15) is 0 Å². The van der Waals surface area contributed by atoms with E-state index in [0.29, 0.717) is 17.8 Å². The highest BCUT2D eigenvalue weighted by Crippen LogP contribution is 2.52. The summed E-state index contributed by atoms with van der Waals surface area (Å²) in [5.74, 6) is 0.966. The van der Waals surface area contributed by atoms with Crippen LogP contribution in [0.15, 0.2) is 0 Å². The summed E-state index contributed by atoms with van der Waals surface area (Å²) < 4.78 is 6.66. The molecule has 0 saturated heterocycles. The highest BCUT2D eigenvalue weighted by Gasteiger charge is 2.53. The second kappa shape index (κ2) is 4.69. The fourth-order valence-corrected chi connectivity index (χ4v) is 4.98. The van der Waals surface area contributed by atoms with Gasteiger partial charge in [0, 0.05) is 17.9 Å². The predicted octanol–water partition coefficient (Wildman–Crippen LogP) is 4.55. The minimum atomic E-state index is -1.72. The Morgan fingerprint density at radius 3 is 2.47 bits per heavy atom. The first kappa shape index (κ1) is 15.2. The number of Topliss-reactive ketones (excluding diaryl/α,β-unsaturated/α-hetero) is 1. The summed E-state index contributed by atoms with van der Waals surface area (Å²) in [5, 5.41) is 0.253. The molecule has 3 atom stereocenters. The standard InChI is InChI=1S/C16H30O2Si/c1-15(2,3)19(5,6)18-13-9-10-14(17)16(4)11-7-8-12(13)16/h12-13H,7-11H2,1-6H3/t12-,13-,16+/m0/s1. The molecule has 110 valence electrons. The summed E-state index contributed by atoms with van der Waals surface area (Å²) in [6.45, 7) is 13.7. The third-order valence-electron chi connectivity index (χ3n) is 6.02. The first-order valence-corrected chi connectivity index (χ1v) is 10.7. The lowest BCUT2D eigenvalue weighted by atomic mass is 9.67. The molecule has 0 aromatic rings. The topological polar surface area (TPSA) is 26.3 Å². The average Bonchev–Trinajstić information content (AvgIpc) is 2.65. The van der Waals surface area contributed by atoms with Crippen LogP contribution in [0.5, 0.6) is 0 Å². The third-order valence-corrected chi connectivity index (χ3v) is 10.5. The molecule has 2 aliphatic rings. The Labute approximate surface area is 119 Å². The predicted molar refractivity (Wildman–Crippen MR) is 81.8 cm³/mol. The largest absolute Gasteiger partial charge is 0.414 e. The number of rotatable bonds is 2. The molecule has 2 fully saturated rings. The van der Waals surface area contributed by atoms with Crippen molar-refractivity contribution in [1.82, 2.24) is 0 Å². The van der Waals surface area contributed by atoms with Gasteiger partial charge in [-0.1, -0.05) is 34.1 Å². The van der Waals surface area contributed by atoms with E-state index < -0.39 is 8.32 Å². The van der Waals surface area contributed by atoms with Gasteiger partial charge in [-0.25, -0.2) is 0 Å². The van der Waals surface area contributed by atoms with Gasteiger partial charge in [-0.05, 0) is 43.3 Å². The van der Waals surface area contributed by atoms with Gasteiger partial charge in [0.1, 0.15) is 5.78 Å². The number of fused-ring (bicyclic) bond motifs is 1. The van der Waals surface area contributed by atoms with Crippen molar-refractivity contribution < 1.29 is 9.22 Å². The van der Waals surface area contributed by atoms with Gasteiger partial charge in [-0.3, -0.25) is 4.79 Å². The smallest absolute Gasteiger partial charge is 0.192 e. The lowest BCUT2D eigenvalue weighted by Gasteiger charge is -2.46. The number of hydrogen-bond acceptors (Lipinski definition) is 2. The quantitative estimate of drug-likeness (QED) is 0.695. The Morgan fingerprint density at radius 2 is 1.89 bits per heavy atom. The third kappa shape index (κ3) is 2.56. The minimum absolute atomic E-state index is 0.0781. The van der Waals surface area contributed by atoms with Gasteiger partial charge in [0.2, 0.25) is 0 Å². The summed E-state index contributed by atoms with van der Waals surface area (Å²) >= 11 is 0. The lowest BCUT2D eigenvalue weighted by molar-refractivity contribution is -0.137. The molecule has 3 heteroatoms. The van der Waals surface area contributed by atoms with E-state index in [4.69, 9.17) is 4.43 Å². The van der Waals surface area contributed by atoms with Gasteiger partial charge in [0.25, 0.3) is 0 Å². The van der Waals surface area contributed by atoms with Gasteiger partial charge in [0.05, 0.1) is 0 Å². The highest BCUT2D eigenvalue weighted by atomic mass is 28.4. The zero-order valence-electron chi connectivity index (χ0n) is 13.5. The van der Waals surface area contributed by atoms with Crippen molar-refractivity contribution in [3.05, 3.63) is 0 Å². The molecule has 0 aromatic carbocycles. The van der Waals surface area contributed by atoms with Crippen LogP contribution < -0.4 is 0 Å². The van der Waals surface area contributed by atoms with Crippen molar-refractivity contribution in [2.75, 3.05) is 0 Å². The van der Waals surface area contributed by atoms with E-state index in [1.165, 1.54) is 12.8 Å². The van der Waals surface area contributed by atoms with E-state index in [-0.39, 0.29) is 10.5 Å². The molecule has 0 amide bonds. The lowest BCUT2D eigenvalue weighted by Crippen LogP contribution is -2.51. The van der Waals surface area contributed by atoms with Crippen molar-refractivity contribution in [3.63, 3.8) is 0 Å². The highest BCUT2D eigenvalue weighted by molar-refractivity contribution is 6.74. The Balaban J connectivity index is 2.16. The first-order valence-electron chi connectivity index (χ1n) is 7.79. The number of ketones is 1. The molecule has 0 N–H and O–H groups in total. The minimum Gasteiger partial charge on any atom is -0.414 e. The van der Waals surface area contributed by atoms with Gasteiger partial charge in [-0.15, -0.1) is 0 Å². The van der Waals surface area contributed by atoms with E-state index >= 15 is 0 Å². The summed E-state index contributed by atoms with van der Waals surface area (Å²) in [5.41, 5.74) is -0.0781. The first-order chi connectivity index (χ1) is 8.58. The molecule has 0 radical (unpaired) electrons. The van der Waals surface area contributed by atoms with E-state index in [0.717, 1.165) is 19.3 Å². The molecule has 0 aromatic heterocycles. The summed E-state index contributed by atoms with van der Waals surface area (Å²) in [6, 6.07) is 0. The molecule has 2 aliphatic carbocycles. The van der Waals surface area contributed by atoms with Crippen LogP contribution in [0, 0.1) is 11.3 Å². The SMILES string of the molecule is CC(C)(C)[Si](C)(C)O[C@H]1CCC(=O)[C@]2(C)CCC[C@@H]12. The van der Waals surface area contributed by atoms with Crippen LogP contribution in [0.25, 0.3) is 0 Å². The fourth-order valence-electron chi connectivity index (χ4n) is 3.59. The molecule has 0 bridgehead atoms. The van der Waals surface area contributed by atoms with Crippen LogP contribution >= 0.6 is 0 Å². The zero-order chi connectivity index (χ0) is 14.5. The normalized spacial score (nSPS) is 36.4. The van der Waals surface area contributed by atoms with Crippen molar-refractivity contribution in [1.29, 1.82) is 0 Å². The van der Waals surface area contributed by atoms with Crippen LogP contribution in [0.3, 0.4) is 0 Å². The molecule has 0 heterocycles. The molecule has 2 rings (SSSR count). The van der Waals surface area contributed by atoms with Crippen LogP contribution in [0.2, 0.25) is 18.1 Å². The second-order valence-electron chi connectivity index (χ2n) is 8.29. The van der Waals surface area contributed by atoms with Gasteiger partial charge in [0.15, 0.2) is 8.32 Å². The van der Waals surface area contributed by atoms with Gasteiger partial charge >= 0.3 is 0 Å². The molecular formula is C16H30O2Si. The monoisotopic (exact) mass is 282 g/mol. The Morgan fingerprint density at radius 1 is 1.26 bits per heavy atom. The van der Waals surface area contributed by atoms with Crippen molar-refractivity contribution in [2.45, 2.75) is 84.0 Å². The summed E-state index contributed by atoms with van der Waals surface area (Å²) in [7, 11) is -1.72. The molecule has 2 saturated carbocycles. The molecule has 0 aliphatic heterocycles. The Bertz CT molecular complexity index is 369. The van der Waals surface area contributed by atoms with E-state index in [2.05, 4.69) is 40.8 Å². The van der Waals surface area contributed by atoms with E-state index in [1.54, 1.807) is 0 Å². The summed E-state index contributed by atoms with van der Waals surface area (Å²) in [4.78, 5) is 12.3. The van der Waals surface area contributed by atoms with Crippen molar-refractivity contribution in [2.24, 2.45) is 11.3 Å². The molecule has 19 heavy (non-hydrogen) atoms. The maximum atomic E-state index is 12.3. The maximum absolute atomic E-state index is 12.3. The van der Waals surface area contributed by atoms with Crippen LogP contribution in [-0.2, 0) is 9.22 Å². The van der Waals surface area contributed by atoms with E-state index in [1.807, 2.05) is 0 Å². The summed E-state index contributed by atoms with van der Waals surface area (Å²) in [6.07, 6.45) is 5.46. The number of carbonyl (C=O) groups excluding carboxylic acids is 1. The number of hydrogen-bond donors (Lipinski definition) is 0. The van der Waals surface area contributed by atoms with Crippen LogP contribution in [-0.4, -0.2) is 20.2 Å². The zero-order valence-corrected chi connectivity index (χ0v) is 14.5. The molecule has 0 unspecified atom stereocenters. The fraction of sp³-hybridized carbons (Fsp3) is 0.938. The Hall–Kier alpha value is -0.153. The van der Waals surface area contributed by atoms with Crippen molar-refractivity contribution in [3.8, 4) is 0 Å². The van der Waals surface area contributed by atoms with Crippen LogP contribution in [0.1, 0.15) is 59.8 Å². The maximum Gasteiger partial charge on any atom is 0.192 e. The number of carbonyl (C=O) groups is 1. The van der Waals surface area contributed by atoms with E-state index in [9.17, 15) is 4.79 Å². The Kier molecular flexibility index (Phi) is 3.77. The molecular weight excluding hydrogens is 252 g/mol. The van der Waals surface area contributed by atoms with Crippen LogP contribution in [0.4, 0.5) is 0 Å². The van der Waals surface area contributed by atoms with Crippen molar-refractivity contribution >= 4 is 14.1 Å². The average molecular weight is 282 g/mol.